The molecular weight excluding hydrogens is 324 g/mol. The standard InChI is InChI=1S/C21H28N4O/c1-4-16-9-7-8-14-25(16)20(26)19-12-13-22-21(24-19)23-18-11-6-5-10-17(18)15(2)3/h5-6,10-13,15-16H,4,7-9,14H2,1-3H3,(H,22,23,24). The Hall–Kier alpha value is -2.43. The van der Waals surface area contributed by atoms with Gasteiger partial charge in [0.15, 0.2) is 0 Å². The number of amides is 1. The van der Waals surface area contributed by atoms with E-state index in [9.17, 15) is 4.79 Å². The van der Waals surface area contributed by atoms with Gasteiger partial charge in [-0.25, -0.2) is 9.97 Å². The fraction of sp³-hybridized carbons (Fsp3) is 0.476. The van der Waals surface area contributed by atoms with Gasteiger partial charge in [0.1, 0.15) is 5.69 Å². The van der Waals surface area contributed by atoms with Gasteiger partial charge in [0, 0.05) is 24.5 Å². The van der Waals surface area contributed by atoms with Crippen molar-refractivity contribution in [3.63, 3.8) is 0 Å². The number of nitrogens with one attached hydrogen (secondary N) is 1. The number of anilines is 2. The molecule has 1 unspecified atom stereocenters. The number of para-hydroxylation sites is 1. The molecule has 1 aromatic heterocycles. The first-order valence-electron chi connectivity index (χ1n) is 9.60. The van der Waals surface area contributed by atoms with Crippen molar-refractivity contribution >= 4 is 17.5 Å². The van der Waals surface area contributed by atoms with Crippen LogP contribution in [0.3, 0.4) is 0 Å². The Bertz CT molecular complexity index is 759. The maximum absolute atomic E-state index is 13.0. The molecule has 5 nitrogen and oxygen atoms in total. The van der Waals surface area contributed by atoms with Crippen molar-refractivity contribution in [2.45, 2.75) is 58.4 Å². The van der Waals surface area contributed by atoms with Gasteiger partial charge < -0.3 is 10.2 Å². The van der Waals surface area contributed by atoms with Crippen molar-refractivity contribution in [1.82, 2.24) is 14.9 Å². The SMILES string of the molecule is CCC1CCCCN1C(=O)c1ccnc(Nc2ccccc2C(C)C)n1. The second-order valence-electron chi connectivity index (χ2n) is 7.19. The quantitative estimate of drug-likeness (QED) is 0.844. The largest absolute Gasteiger partial charge is 0.334 e. The fourth-order valence-electron chi connectivity index (χ4n) is 3.61. The van der Waals surface area contributed by atoms with Crippen molar-refractivity contribution in [2.75, 3.05) is 11.9 Å². The van der Waals surface area contributed by atoms with E-state index in [1.54, 1.807) is 12.3 Å². The fourth-order valence-corrected chi connectivity index (χ4v) is 3.61. The van der Waals surface area contributed by atoms with E-state index in [1.807, 2.05) is 23.1 Å². The minimum atomic E-state index is 0.0131. The summed E-state index contributed by atoms with van der Waals surface area (Å²) in [6, 6.07) is 10.2. The highest BCUT2D eigenvalue weighted by molar-refractivity contribution is 5.92. The summed E-state index contributed by atoms with van der Waals surface area (Å²) in [6.07, 6.45) is 6.00. The van der Waals surface area contributed by atoms with E-state index in [0.29, 0.717) is 23.6 Å². The maximum atomic E-state index is 13.0. The average Bonchev–Trinajstić information content (AvgIpc) is 2.68. The number of rotatable bonds is 5. The summed E-state index contributed by atoms with van der Waals surface area (Å²) in [6.45, 7) is 7.28. The highest BCUT2D eigenvalue weighted by Gasteiger charge is 2.27. The molecule has 0 bridgehead atoms. The summed E-state index contributed by atoms with van der Waals surface area (Å²) in [5.74, 6) is 0.871. The number of hydrogen-bond acceptors (Lipinski definition) is 4. The normalized spacial score (nSPS) is 17.4. The predicted octanol–water partition coefficient (Wildman–Crippen LogP) is 4.75. The first kappa shape index (κ1) is 18.4. The molecule has 26 heavy (non-hydrogen) atoms. The lowest BCUT2D eigenvalue weighted by atomic mass is 9.99. The highest BCUT2D eigenvalue weighted by atomic mass is 16.2. The van der Waals surface area contributed by atoms with Gasteiger partial charge in [-0.05, 0) is 49.3 Å². The Morgan fingerprint density at radius 2 is 2.08 bits per heavy atom. The molecule has 1 atom stereocenters. The molecule has 1 saturated heterocycles. The molecule has 1 aromatic carbocycles. The van der Waals surface area contributed by atoms with E-state index in [1.165, 1.54) is 12.0 Å². The van der Waals surface area contributed by atoms with Gasteiger partial charge in [-0.3, -0.25) is 4.79 Å². The number of carbonyl (C=O) groups is 1. The Morgan fingerprint density at radius 1 is 1.27 bits per heavy atom. The van der Waals surface area contributed by atoms with Crippen LogP contribution in [0.15, 0.2) is 36.5 Å². The molecule has 138 valence electrons. The van der Waals surface area contributed by atoms with Crippen LogP contribution >= 0.6 is 0 Å². The van der Waals surface area contributed by atoms with Crippen molar-refractivity contribution in [3.05, 3.63) is 47.8 Å². The molecule has 5 heteroatoms. The van der Waals surface area contributed by atoms with Gasteiger partial charge in [0.05, 0.1) is 0 Å². The second-order valence-corrected chi connectivity index (χ2v) is 7.19. The van der Waals surface area contributed by atoms with Crippen LogP contribution in [0.1, 0.15) is 68.4 Å². The van der Waals surface area contributed by atoms with Crippen LogP contribution < -0.4 is 5.32 Å². The average molecular weight is 352 g/mol. The van der Waals surface area contributed by atoms with Crippen LogP contribution in [0.25, 0.3) is 0 Å². The molecule has 1 fully saturated rings. The molecule has 1 N–H and O–H groups in total. The summed E-state index contributed by atoms with van der Waals surface area (Å²) in [5.41, 5.74) is 2.65. The van der Waals surface area contributed by atoms with Crippen molar-refractivity contribution in [2.24, 2.45) is 0 Å². The maximum Gasteiger partial charge on any atom is 0.272 e. The molecule has 0 aliphatic carbocycles. The highest BCUT2D eigenvalue weighted by Crippen LogP contribution is 2.26. The van der Waals surface area contributed by atoms with E-state index >= 15 is 0 Å². The monoisotopic (exact) mass is 352 g/mol. The molecule has 0 spiro atoms. The molecule has 1 aliphatic heterocycles. The number of benzene rings is 1. The molecule has 2 aromatic rings. The Balaban J connectivity index is 1.81. The number of piperidine rings is 1. The zero-order valence-corrected chi connectivity index (χ0v) is 15.9. The summed E-state index contributed by atoms with van der Waals surface area (Å²) in [7, 11) is 0. The summed E-state index contributed by atoms with van der Waals surface area (Å²) >= 11 is 0. The van der Waals surface area contributed by atoms with Gasteiger partial charge in [-0.15, -0.1) is 0 Å². The van der Waals surface area contributed by atoms with Crippen molar-refractivity contribution in [3.8, 4) is 0 Å². The van der Waals surface area contributed by atoms with Crippen LogP contribution in [-0.2, 0) is 0 Å². The predicted molar refractivity (Wildman–Crippen MR) is 105 cm³/mol. The topological polar surface area (TPSA) is 58.1 Å². The number of hydrogen-bond donors (Lipinski definition) is 1. The smallest absolute Gasteiger partial charge is 0.272 e. The van der Waals surface area contributed by atoms with Gasteiger partial charge in [-0.1, -0.05) is 39.0 Å². The second kappa shape index (κ2) is 8.30. The Labute approximate surface area is 155 Å². The van der Waals surface area contributed by atoms with E-state index in [2.05, 4.69) is 42.1 Å². The summed E-state index contributed by atoms with van der Waals surface area (Å²) < 4.78 is 0. The zero-order valence-electron chi connectivity index (χ0n) is 15.9. The van der Waals surface area contributed by atoms with Crippen LogP contribution in [0, 0.1) is 0 Å². The Morgan fingerprint density at radius 3 is 2.85 bits per heavy atom. The van der Waals surface area contributed by atoms with Crippen LogP contribution in [0.2, 0.25) is 0 Å². The minimum absolute atomic E-state index is 0.0131. The number of aromatic nitrogens is 2. The van der Waals surface area contributed by atoms with Crippen LogP contribution in [0.4, 0.5) is 11.6 Å². The third kappa shape index (κ3) is 4.03. The molecule has 2 heterocycles. The lowest BCUT2D eigenvalue weighted by Gasteiger charge is -2.35. The molecule has 3 rings (SSSR count). The van der Waals surface area contributed by atoms with Gasteiger partial charge in [-0.2, -0.15) is 0 Å². The lowest BCUT2D eigenvalue weighted by molar-refractivity contribution is 0.0602. The van der Waals surface area contributed by atoms with E-state index in [4.69, 9.17) is 0 Å². The van der Waals surface area contributed by atoms with Crippen molar-refractivity contribution < 1.29 is 4.79 Å². The molecule has 1 amide bonds. The van der Waals surface area contributed by atoms with E-state index < -0.39 is 0 Å². The van der Waals surface area contributed by atoms with Crippen LogP contribution in [-0.4, -0.2) is 33.4 Å². The molecule has 0 saturated carbocycles. The van der Waals surface area contributed by atoms with Gasteiger partial charge >= 0.3 is 0 Å². The third-order valence-electron chi connectivity index (χ3n) is 5.06. The zero-order chi connectivity index (χ0) is 18.5. The molecular formula is C21H28N4O. The summed E-state index contributed by atoms with van der Waals surface area (Å²) in [5, 5.41) is 3.28. The van der Waals surface area contributed by atoms with Crippen LogP contribution in [0.5, 0.6) is 0 Å². The number of carbonyl (C=O) groups excluding carboxylic acids is 1. The first-order chi connectivity index (χ1) is 12.6. The third-order valence-corrected chi connectivity index (χ3v) is 5.06. The van der Waals surface area contributed by atoms with Gasteiger partial charge in [0.25, 0.3) is 5.91 Å². The van der Waals surface area contributed by atoms with Crippen molar-refractivity contribution in [1.29, 1.82) is 0 Å². The van der Waals surface area contributed by atoms with Gasteiger partial charge in [0.2, 0.25) is 5.95 Å². The lowest BCUT2D eigenvalue weighted by Crippen LogP contribution is -2.43. The Kier molecular flexibility index (Phi) is 5.86. The number of nitrogens with zero attached hydrogens (tertiary/aromatic N) is 3. The van der Waals surface area contributed by atoms with E-state index in [-0.39, 0.29) is 5.91 Å². The number of likely N-dealkylation sites (tertiary alicyclic amines) is 1. The van der Waals surface area contributed by atoms with E-state index in [0.717, 1.165) is 31.5 Å². The first-order valence-corrected chi connectivity index (χ1v) is 9.60. The molecule has 1 aliphatic rings. The molecule has 0 radical (unpaired) electrons. The minimum Gasteiger partial charge on any atom is -0.334 e. The summed E-state index contributed by atoms with van der Waals surface area (Å²) in [4.78, 5) is 23.7.